The van der Waals surface area contributed by atoms with Crippen molar-refractivity contribution in [1.29, 1.82) is 0 Å². The third-order valence-electron chi connectivity index (χ3n) is 13.4. The molecule has 66 heavy (non-hydrogen) atoms. The number of rotatable bonds is 7. The van der Waals surface area contributed by atoms with Gasteiger partial charge in [0.1, 0.15) is 11.2 Å². The molecule has 0 saturated carbocycles. The number of furan rings is 1. The van der Waals surface area contributed by atoms with E-state index < -0.39 is 0 Å². The Labute approximate surface area is 388 Å². The Morgan fingerprint density at radius 2 is 0.788 bits per heavy atom. The fourth-order valence-corrected chi connectivity index (χ4v) is 9.93. The quantitative estimate of drug-likeness (QED) is 0.159. The van der Waals surface area contributed by atoms with Crippen LogP contribution in [-0.2, 0) is 10.8 Å². The molecule has 0 aliphatic heterocycles. The van der Waals surface area contributed by atoms with Gasteiger partial charge in [0, 0.05) is 33.7 Å². The topological polar surface area (TPSA) is 16.4 Å². The first kappa shape index (κ1) is 41.1. The highest BCUT2D eigenvalue weighted by Crippen LogP contribution is 2.50. The van der Waals surface area contributed by atoms with Gasteiger partial charge in [-0.15, -0.1) is 0 Å². The monoisotopic (exact) mass is 851 g/mol. The summed E-state index contributed by atoms with van der Waals surface area (Å²) < 4.78 is 6.63. The summed E-state index contributed by atoms with van der Waals surface area (Å²) >= 11 is 0. The van der Waals surface area contributed by atoms with Gasteiger partial charge in [0.05, 0.1) is 11.4 Å². The normalized spacial score (nSPS) is 12.1. The van der Waals surface area contributed by atoms with E-state index in [-0.39, 0.29) is 10.8 Å². The molecule has 0 N–H and O–H groups in total. The van der Waals surface area contributed by atoms with E-state index in [0.29, 0.717) is 0 Å². The zero-order valence-electron chi connectivity index (χ0n) is 38.6. The Morgan fingerprint density at radius 3 is 1.35 bits per heavy atom. The van der Waals surface area contributed by atoms with Gasteiger partial charge in [0.25, 0.3) is 0 Å². The van der Waals surface area contributed by atoms with Crippen LogP contribution < -0.4 is 4.90 Å². The van der Waals surface area contributed by atoms with Crippen molar-refractivity contribution in [2.75, 3.05) is 4.90 Å². The van der Waals surface area contributed by atoms with Gasteiger partial charge in [-0.2, -0.15) is 0 Å². The lowest BCUT2D eigenvalue weighted by Gasteiger charge is -2.30. The molecule has 11 rings (SSSR count). The SMILES string of the molecule is CC(C)(C)c1cc(-c2cccc3cccc(-c4ccccc4N(c4ccc5c(c4)oc4ccccc45)c4ccccc4-c4cccc5cccc(-c6ccccc6)c45)c23)cc(C(C)(C)C)c1. The van der Waals surface area contributed by atoms with Crippen molar-refractivity contribution in [2.24, 2.45) is 0 Å². The number of fused-ring (bicyclic) bond motifs is 5. The van der Waals surface area contributed by atoms with Crippen molar-refractivity contribution < 1.29 is 4.42 Å². The Bertz CT molecular complexity index is 3570. The molecule has 0 spiro atoms. The molecule has 2 nitrogen and oxygen atoms in total. The second-order valence-corrected chi connectivity index (χ2v) is 19.7. The van der Waals surface area contributed by atoms with Gasteiger partial charge < -0.3 is 9.32 Å². The molecule has 1 heterocycles. The average molecular weight is 852 g/mol. The van der Waals surface area contributed by atoms with Crippen molar-refractivity contribution in [3.63, 3.8) is 0 Å². The number of nitrogens with zero attached hydrogens (tertiary/aromatic N) is 1. The van der Waals surface area contributed by atoms with E-state index in [4.69, 9.17) is 4.42 Å². The van der Waals surface area contributed by atoms with Crippen LogP contribution in [0.4, 0.5) is 17.1 Å². The molecule has 0 bridgehead atoms. The second-order valence-electron chi connectivity index (χ2n) is 19.7. The molecule has 320 valence electrons. The van der Waals surface area contributed by atoms with Crippen LogP contribution in [0.3, 0.4) is 0 Å². The maximum absolute atomic E-state index is 6.63. The molecule has 0 radical (unpaired) electrons. The number of hydrogen-bond donors (Lipinski definition) is 0. The summed E-state index contributed by atoms with van der Waals surface area (Å²) in [5.74, 6) is 0. The van der Waals surface area contributed by atoms with E-state index in [1.54, 1.807) is 0 Å². The number of para-hydroxylation sites is 3. The highest BCUT2D eigenvalue weighted by molar-refractivity contribution is 6.12. The summed E-state index contributed by atoms with van der Waals surface area (Å²) in [6, 6.07) is 77.9. The minimum Gasteiger partial charge on any atom is -0.456 e. The van der Waals surface area contributed by atoms with E-state index in [2.05, 4.69) is 253 Å². The maximum atomic E-state index is 6.63. The van der Waals surface area contributed by atoms with Gasteiger partial charge in [0.15, 0.2) is 0 Å². The lowest BCUT2D eigenvalue weighted by Crippen LogP contribution is -2.16. The zero-order valence-corrected chi connectivity index (χ0v) is 38.6. The highest BCUT2D eigenvalue weighted by Gasteiger charge is 2.26. The first-order valence-corrected chi connectivity index (χ1v) is 23.2. The summed E-state index contributed by atoms with van der Waals surface area (Å²) in [6.45, 7) is 13.9. The fourth-order valence-electron chi connectivity index (χ4n) is 9.93. The van der Waals surface area contributed by atoms with Crippen molar-refractivity contribution in [3.8, 4) is 44.5 Å². The van der Waals surface area contributed by atoms with Gasteiger partial charge in [-0.3, -0.25) is 0 Å². The summed E-state index contributed by atoms with van der Waals surface area (Å²) in [7, 11) is 0. The summed E-state index contributed by atoms with van der Waals surface area (Å²) in [5, 5.41) is 7.09. The van der Waals surface area contributed by atoms with E-state index in [1.807, 2.05) is 6.07 Å². The molecule has 2 heteroatoms. The third-order valence-corrected chi connectivity index (χ3v) is 13.4. The van der Waals surface area contributed by atoms with E-state index >= 15 is 0 Å². The number of anilines is 3. The largest absolute Gasteiger partial charge is 0.456 e. The lowest BCUT2D eigenvalue weighted by atomic mass is 9.78. The van der Waals surface area contributed by atoms with Crippen molar-refractivity contribution in [2.45, 2.75) is 52.4 Å². The summed E-state index contributed by atoms with van der Waals surface area (Å²) in [4.78, 5) is 2.46. The number of benzene rings is 10. The van der Waals surface area contributed by atoms with E-state index in [0.717, 1.165) is 50.1 Å². The van der Waals surface area contributed by atoms with Crippen molar-refractivity contribution in [3.05, 3.63) is 223 Å². The predicted octanol–water partition coefficient (Wildman–Crippen LogP) is 18.6. The fraction of sp³-hybridized carbons (Fsp3) is 0.125. The molecule has 0 aliphatic carbocycles. The van der Waals surface area contributed by atoms with Gasteiger partial charge >= 0.3 is 0 Å². The molecular weight excluding hydrogens is 799 g/mol. The summed E-state index contributed by atoms with van der Waals surface area (Å²) in [6.07, 6.45) is 0. The Morgan fingerprint density at radius 1 is 0.333 bits per heavy atom. The van der Waals surface area contributed by atoms with Crippen LogP contribution in [0, 0.1) is 0 Å². The molecular formula is C64H53NO. The molecule has 0 fully saturated rings. The minimum atomic E-state index is -0.0171. The molecule has 0 unspecified atom stereocenters. The van der Waals surface area contributed by atoms with Gasteiger partial charge in [-0.1, -0.05) is 217 Å². The zero-order chi connectivity index (χ0) is 45.2. The molecule has 0 saturated heterocycles. The van der Waals surface area contributed by atoms with Crippen molar-refractivity contribution >= 4 is 60.5 Å². The van der Waals surface area contributed by atoms with Crippen molar-refractivity contribution in [1.82, 2.24) is 0 Å². The minimum absolute atomic E-state index is 0.0171. The molecule has 0 atom stereocenters. The standard InChI is InChI=1S/C64H53NO/c1-63(2,3)46-38-45(39-47(40-46)64(4,5)6)50-30-17-23-44-25-19-32-56(62(44)50)52-27-11-14-34-58(52)65(48-36-37-54-53-28-12-15-35-59(53)66-60(54)41-48)57-33-13-10-26-51(57)55-31-18-24-43-22-16-29-49(61(43)55)42-20-8-7-9-21-42/h7-41H,1-6H3. The number of hydrogen-bond acceptors (Lipinski definition) is 2. The van der Waals surface area contributed by atoms with Crippen LogP contribution in [0.1, 0.15) is 52.7 Å². The van der Waals surface area contributed by atoms with Gasteiger partial charge in [0.2, 0.25) is 0 Å². The molecule has 1 aromatic heterocycles. The second kappa shape index (κ2) is 16.1. The first-order valence-electron chi connectivity index (χ1n) is 23.2. The smallest absolute Gasteiger partial charge is 0.137 e. The Kier molecular flexibility index (Phi) is 10.0. The molecule has 0 amide bonds. The third kappa shape index (κ3) is 7.24. The summed E-state index contributed by atoms with van der Waals surface area (Å²) in [5.41, 5.74) is 17.1. The van der Waals surface area contributed by atoms with Crippen LogP contribution in [0.15, 0.2) is 217 Å². The van der Waals surface area contributed by atoms with Crippen LogP contribution >= 0.6 is 0 Å². The highest BCUT2D eigenvalue weighted by atomic mass is 16.3. The van der Waals surface area contributed by atoms with Crippen LogP contribution in [0.2, 0.25) is 0 Å². The average Bonchev–Trinajstić information content (AvgIpc) is 3.71. The van der Waals surface area contributed by atoms with Crippen LogP contribution in [-0.4, -0.2) is 0 Å². The Hall–Kier alpha value is -7.68. The van der Waals surface area contributed by atoms with Gasteiger partial charge in [-0.25, -0.2) is 0 Å². The van der Waals surface area contributed by atoms with Crippen LogP contribution in [0.5, 0.6) is 0 Å². The van der Waals surface area contributed by atoms with Gasteiger partial charge in [-0.05, 0) is 107 Å². The molecule has 10 aromatic carbocycles. The molecule has 0 aliphatic rings. The Balaban J connectivity index is 1.19. The molecule has 11 aromatic rings. The predicted molar refractivity (Wildman–Crippen MR) is 283 cm³/mol. The van der Waals surface area contributed by atoms with E-state index in [1.165, 1.54) is 66.1 Å². The first-order chi connectivity index (χ1) is 32.0. The lowest BCUT2D eigenvalue weighted by molar-refractivity contribution is 0.569. The van der Waals surface area contributed by atoms with E-state index in [9.17, 15) is 0 Å². The van der Waals surface area contributed by atoms with Crippen LogP contribution in [0.25, 0.3) is 88.0 Å². The maximum Gasteiger partial charge on any atom is 0.137 e.